The van der Waals surface area contributed by atoms with Crippen LogP contribution in [0.25, 0.3) is 0 Å². The van der Waals surface area contributed by atoms with Crippen LogP contribution < -0.4 is 10.1 Å². The summed E-state index contributed by atoms with van der Waals surface area (Å²) >= 11 is 0. The smallest absolute Gasteiger partial charge is 0.251 e. The molecule has 3 fully saturated rings. The molecule has 1 aliphatic carbocycles. The molecule has 3 heterocycles. The molecule has 4 rings (SSSR count). The minimum absolute atomic E-state index is 0.00515. The van der Waals surface area contributed by atoms with E-state index < -0.39 is 0 Å². The van der Waals surface area contributed by atoms with E-state index in [1.807, 2.05) is 24.0 Å². The number of amides is 2. The molecule has 2 amide bonds. The van der Waals surface area contributed by atoms with Gasteiger partial charge in [-0.1, -0.05) is 0 Å². The lowest BCUT2D eigenvalue weighted by Gasteiger charge is -2.34. The molecule has 1 N–H and O–H groups in total. The lowest BCUT2D eigenvalue weighted by Crippen LogP contribution is -2.48. The van der Waals surface area contributed by atoms with Crippen molar-refractivity contribution in [3.05, 3.63) is 24.0 Å². The summed E-state index contributed by atoms with van der Waals surface area (Å²) in [7, 11) is 0. The highest BCUT2D eigenvalue weighted by molar-refractivity contribution is 5.82. The van der Waals surface area contributed by atoms with Gasteiger partial charge in [0.1, 0.15) is 11.9 Å². The molecule has 1 saturated carbocycles. The van der Waals surface area contributed by atoms with Gasteiger partial charge < -0.3 is 19.7 Å². The third-order valence-corrected chi connectivity index (χ3v) is 6.66. The van der Waals surface area contributed by atoms with Gasteiger partial charge in [-0.05, 0) is 70.4 Å². The molecule has 1 aromatic rings. The van der Waals surface area contributed by atoms with E-state index in [-0.39, 0.29) is 36.0 Å². The second-order valence-corrected chi connectivity index (χ2v) is 8.79. The maximum Gasteiger partial charge on any atom is 0.251 e. The average Bonchev–Trinajstić information content (AvgIpc) is 3.31. The zero-order chi connectivity index (χ0) is 20.9. The summed E-state index contributed by atoms with van der Waals surface area (Å²) in [4.78, 5) is 31.4. The first-order valence-electron chi connectivity index (χ1n) is 11.4. The van der Waals surface area contributed by atoms with Crippen molar-refractivity contribution in [2.24, 2.45) is 5.92 Å². The number of pyridine rings is 1. The van der Waals surface area contributed by atoms with Crippen LogP contribution in [0.1, 0.15) is 57.1 Å². The fraction of sp³-hybridized carbons (Fsp3) is 0.696. The topological polar surface area (TPSA) is 80.8 Å². The average molecular weight is 416 g/mol. The standard InChI is InChI=1S/C23H33N3O4/c1-16-20(4-2-12-24-16)30-19-8-6-18(7-9-19)25-22(27)17-10-13-26(14-11-17)23(28)21-5-3-15-29-21/h2,4,12,17-19,21H,3,5-11,13-15H2,1H3,(H,25,27). The Labute approximate surface area is 178 Å². The van der Waals surface area contributed by atoms with Gasteiger partial charge in [0.2, 0.25) is 5.91 Å². The summed E-state index contributed by atoms with van der Waals surface area (Å²) in [5.41, 5.74) is 0.914. The fourth-order valence-corrected chi connectivity index (χ4v) is 4.76. The van der Waals surface area contributed by atoms with Crippen LogP contribution in [-0.2, 0) is 14.3 Å². The van der Waals surface area contributed by atoms with Crippen molar-refractivity contribution in [3.63, 3.8) is 0 Å². The Morgan fingerprint density at radius 3 is 2.57 bits per heavy atom. The quantitative estimate of drug-likeness (QED) is 0.800. The third-order valence-electron chi connectivity index (χ3n) is 6.66. The maximum absolute atomic E-state index is 12.7. The van der Waals surface area contributed by atoms with Crippen LogP contribution in [0.15, 0.2) is 18.3 Å². The molecular weight excluding hydrogens is 382 g/mol. The number of hydrogen-bond donors (Lipinski definition) is 1. The van der Waals surface area contributed by atoms with Gasteiger partial charge in [0.25, 0.3) is 5.91 Å². The first-order valence-corrected chi connectivity index (χ1v) is 11.4. The number of carbonyl (C=O) groups excluding carboxylic acids is 2. The second kappa shape index (κ2) is 9.77. The largest absolute Gasteiger partial charge is 0.489 e. The molecule has 2 saturated heterocycles. The molecule has 0 radical (unpaired) electrons. The van der Waals surface area contributed by atoms with E-state index in [1.54, 1.807) is 6.20 Å². The number of rotatable bonds is 5. The fourth-order valence-electron chi connectivity index (χ4n) is 4.76. The first kappa shape index (κ1) is 21.1. The van der Waals surface area contributed by atoms with E-state index >= 15 is 0 Å². The van der Waals surface area contributed by atoms with Gasteiger partial charge in [-0.2, -0.15) is 0 Å². The van der Waals surface area contributed by atoms with Crippen LogP contribution in [-0.4, -0.2) is 59.6 Å². The van der Waals surface area contributed by atoms with Crippen LogP contribution in [0.2, 0.25) is 0 Å². The Balaban J connectivity index is 1.17. The van der Waals surface area contributed by atoms with Crippen molar-refractivity contribution < 1.29 is 19.1 Å². The Hall–Kier alpha value is -2.15. The molecule has 30 heavy (non-hydrogen) atoms. The minimum Gasteiger partial charge on any atom is -0.489 e. The number of hydrogen-bond acceptors (Lipinski definition) is 5. The molecule has 0 bridgehead atoms. The Morgan fingerprint density at radius 2 is 1.90 bits per heavy atom. The number of aromatic nitrogens is 1. The third kappa shape index (κ3) is 5.12. The van der Waals surface area contributed by atoms with Gasteiger partial charge in [0.05, 0.1) is 11.8 Å². The van der Waals surface area contributed by atoms with Gasteiger partial charge >= 0.3 is 0 Å². The van der Waals surface area contributed by atoms with Crippen molar-refractivity contribution >= 4 is 11.8 Å². The monoisotopic (exact) mass is 415 g/mol. The number of ether oxygens (including phenoxy) is 2. The van der Waals surface area contributed by atoms with Gasteiger partial charge in [-0.3, -0.25) is 14.6 Å². The van der Waals surface area contributed by atoms with Crippen molar-refractivity contribution in [2.75, 3.05) is 19.7 Å². The van der Waals surface area contributed by atoms with E-state index in [4.69, 9.17) is 9.47 Å². The summed E-state index contributed by atoms with van der Waals surface area (Å²) in [6, 6.07) is 4.08. The minimum atomic E-state index is -0.261. The second-order valence-electron chi connectivity index (χ2n) is 8.79. The molecule has 7 heteroatoms. The van der Waals surface area contributed by atoms with Gasteiger partial charge in [0, 0.05) is 37.9 Å². The molecule has 2 aliphatic heterocycles. The van der Waals surface area contributed by atoms with Crippen LogP contribution in [0.5, 0.6) is 5.75 Å². The van der Waals surface area contributed by atoms with Crippen LogP contribution in [0.4, 0.5) is 0 Å². The number of carbonyl (C=O) groups is 2. The van der Waals surface area contributed by atoms with E-state index in [0.717, 1.165) is 62.8 Å². The van der Waals surface area contributed by atoms with Gasteiger partial charge in [-0.25, -0.2) is 0 Å². The lowest BCUT2D eigenvalue weighted by molar-refractivity contribution is -0.144. The number of aryl methyl sites for hydroxylation is 1. The molecule has 1 atom stereocenters. The summed E-state index contributed by atoms with van der Waals surface area (Å²) in [6.45, 7) is 3.95. The number of piperidine rings is 1. The van der Waals surface area contributed by atoms with Gasteiger partial charge in [0.15, 0.2) is 0 Å². The highest BCUT2D eigenvalue weighted by Crippen LogP contribution is 2.26. The number of nitrogens with zero attached hydrogens (tertiary/aromatic N) is 2. The summed E-state index contributed by atoms with van der Waals surface area (Å²) in [6.07, 6.45) is 8.72. The van der Waals surface area contributed by atoms with Crippen molar-refractivity contribution in [1.82, 2.24) is 15.2 Å². The first-order chi connectivity index (χ1) is 14.6. The van der Waals surface area contributed by atoms with Crippen molar-refractivity contribution in [3.8, 4) is 5.75 Å². The van der Waals surface area contributed by atoms with Gasteiger partial charge in [-0.15, -0.1) is 0 Å². The SMILES string of the molecule is Cc1ncccc1OC1CCC(NC(=O)C2CCN(C(=O)C3CCCO3)CC2)CC1. The molecule has 1 aromatic heterocycles. The summed E-state index contributed by atoms with van der Waals surface area (Å²) < 4.78 is 11.6. The normalized spacial score (nSPS) is 27.6. The Bertz CT molecular complexity index is 734. The highest BCUT2D eigenvalue weighted by Gasteiger charge is 2.33. The molecule has 0 aromatic carbocycles. The van der Waals surface area contributed by atoms with Crippen LogP contribution >= 0.6 is 0 Å². The number of likely N-dealkylation sites (tertiary alicyclic amines) is 1. The van der Waals surface area contributed by atoms with E-state index in [9.17, 15) is 9.59 Å². The van der Waals surface area contributed by atoms with E-state index in [1.165, 1.54) is 0 Å². The van der Waals surface area contributed by atoms with E-state index in [0.29, 0.717) is 19.7 Å². The molecule has 0 spiro atoms. The Morgan fingerprint density at radius 1 is 1.13 bits per heavy atom. The zero-order valence-corrected chi connectivity index (χ0v) is 17.8. The summed E-state index contributed by atoms with van der Waals surface area (Å²) in [5, 5.41) is 3.25. The van der Waals surface area contributed by atoms with E-state index in [2.05, 4.69) is 10.3 Å². The zero-order valence-electron chi connectivity index (χ0n) is 17.8. The molecule has 164 valence electrons. The Kier molecular flexibility index (Phi) is 6.87. The predicted molar refractivity (Wildman–Crippen MR) is 112 cm³/mol. The molecule has 1 unspecified atom stereocenters. The molecular formula is C23H33N3O4. The highest BCUT2D eigenvalue weighted by atomic mass is 16.5. The molecule has 7 nitrogen and oxygen atoms in total. The van der Waals surface area contributed by atoms with Crippen LogP contribution in [0.3, 0.4) is 0 Å². The predicted octanol–water partition coefficient (Wildman–Crippen LogP) is 2.61. The maximum atomic E-state index is 12.7. The van der Waals surface area contributed by atoms with Crippen molar-refractivity contribution in [1.29, 1.82) is 0 Å². The molecule has 3 aliphatic rings. The lowest BCUT2D eigenvalue weighted by atomic mass is 9.90. The summed E-state index contributed by atoms with van der Waals surface area (Å²) in [5.74, 6) is 1.11. The number of nitrogens with one attached hydrogen (secondary N) is 1. The van der Waals surface area contributed by atoms with Crippen molar-refractivity contribution in [2.45, 2.75) is 76.5 Å². The van der Waals surface area contributed by atoms with Crippen LogP contribution in [0, 0.1) is 12.8 Å².